The van der Waals surface area contributed by atoms with Crippen LogP contribution in [0.2, 0.25) is 15.1 Å². The molecule has 4 nitrogen and oxygen atoms in total. The number of nitrogens with zero attached hydrogens (tertiary/aromatic N) is 2. The highest BCUT2D eigenvalue weighted by molar-refractivity contribution is 6.39. The summed E-state index contributed by atoms with van der Waals surface area (Å²) in [5.74, 6) is -0.862. The molecule has 0 bridgehead atoms. The van der Waals surface area contributed by atoms with Crippen LogP contribution in [-0.2, 0) is 22.5 Å². The summed E-state index contributed by atoms with van der Waals surface area (Å²) in [6.07, 6.45) is 4.19. The van der Waals surface area contributed by atoms with Gasteiger partial charge >= 0.3 is 5.97 Å². The molecule has 0 fully saturated rings. The Hall–Kier alpha value is -2.08. The van der Waals surface area contributed by atoms with Gasteiger partial charge in [0.2, 0.25) is 0 Å². The van der Waals surface area contributed by atoms with Gasteiger partial charge < -0.3 is 9.30 Å². The molecule has 27 heavy (non-hydrogen) atoms. The van der Waals surface area contributed by atoms with E-state index in [1.54, 1.807) is 35.4 Å². The molecule has 0 aliphatic carbocycles. The second-order valence-corrected chi connectivity index (χ2v) is 7.08. The third kappa shape index (κ3) is 5.22. The molecule has 0 aliphatic rings. The number of carbonyl (C=O) groups is 1. The SMILES string of the molecule is O=C(Cc1ccc(F)cc1)OC(Cn1ccnc1)c1c(Cl)cc(Cl)cc1Cl. The Morgan fingerprint density at radius 2 is 1.81 bits per heavy atom. The lowest BCUT2D eigenvalue weighted by Gasteiger charge is -2.21. The first-order valence-electron chi connectivity index (χ1n) is 7.96. The summed E-state index contributed by atoms with van der Waals surface area (Å²) >= 11 is 18.6. The van der Waals surface area contributed by atoms with Gasteiger partial charge in [0, 0.05) is 23.0 Å². The van der Waals surface area contributed by atoms with Crippen molar-refractivity contribution in [3.63, 3.8) is 0 Å². The van der Waals surface area contributed by atoms with Gasteiger partial charge in [-0.15, -0.1) is 0 Å². The quantitative estimate of drug-likeness (QED) is 0.487. The van der Waals surface area contributed by atoms with Gasteiger partial charge in [0.25, 0.3) is 0 Å². The molecule has 0 aliphatic heterocycles. The number of esters is 1. The minimum absolute atomic E-state index is 0.0104. The number of ether oxygens (including phenoxy) is 1. The van der Waals surface area contributed by atoms with E-state index in [4.69, 9.17) is 39.5 Å². The number of aromatic nitrogens is 2. The minimum atomic E-state index is -0.746. The molecule has 8 heteroatoms. The molecule has 0 radical (unpaired) electrons. The molecule has 1 heterocycles. The van der Waals surface area contributed by atoms with Crippen LogP contribution >= 0.6 is 34.8 Å². The van der Waals surface area contributed by atoms with E-state index in [-0.39, 0.29) is 18.8 Å². The Morgan fingerprint density at radius 1 is 1.15 bits per heavy atom. The lowest BCUT2D eigenvalue weighted by Crippen LogP contribution is -2.18. The molecule has 0 spiro atoms. The Kier molecular flexibility index (Phi) is 6.37. The summed E-state index contributed by atoms with van der Waals surface area (Å²) in [6, 6.07) is 8.72. The van der Waals surface area contributed by atoms with Crippen molar-refractivity contribution in [2.45, 2.75) is 19.1 Å². The van der Waals surface area contributed by atoms with Gasteiger partial charge in [0.05, 0.1) is 29.3 Å². The first-order valence-corrected chi connectivity index (χ1v) is 9.10. The maximum absolute atomic E-state index is 13.0. The van der Waals surface area contributed by atoms with Crippen LogP contribution in [0.1, 0.15) is 17.2 Å². The Morgan fingerprint density at radius 3 is 2.41 bits per heavy atom. The summed E-state index contributed by atoms with van der Waals surface area (Å²) in [7, 11) is 0. The van der Waals surface area contributed by atoms with Crippen LogP contribution in [0.5, 0.6) is 0 Å². The molecule has 1 unspecified atom stereocenters. The highest BCUT2D eigenvalue weighted by Gasteiger charge is 2.24. The zero-order chi connectivity index (χ0) is 19.4. The number of hydrogen-bond acceptors (Lipinski definition) is 3. The van der Waals surface area contributed by atoms with Crippen LogP contribution in [0.15, 0.2) is 55.1 Å². The van der Waals surface area contributed by atoms with E-state index in [1.165, 1.54) is 24.3 Å². The smallest absolute Gasteiger partial charge is 0.310 e. The number of benzene rings is 2. The third-order valence-electron chi connectivity index (χ3n) is 3.84. The summed E-state index contributed by atoms with van der Waals surface area (Å²) < 4.78 is 20.4. The predicted octanol–water partition coefficient (Wildman–Crippen LogP) is 5.51. The van der Waals surface area contributed by atoms with Crippen molar-refractivity contribution in [2.75, 3.05) is 0 Å². The fraction of sp³-hybridized carbons (Fsp3) is 0.158. The van der Waals surface area contributed by atoms with E-state index in [0.29, 0.717) is 26.2 Å². The highest BCUT2D eigenvalue weighted by Crippen LogP contribution is 2.36. The Bertz CT molecular complexity index is 908. The molecule has 0 amide bonds. The predicted molar refractivity (Wildman–Crippen MR) is 103 cm³/mol. The molecule has 3 aromatic rings. The first kappa shape index (κ1) is 19.7. The number of carbonyl (C=O) groups excluding carboxylic acids is 1. The van der Waals surface area contributed by atoms with Crippen LogP contribution in [0.3, 0.4) is 0 Å². The summed E-state index contributed by atoms with van der Waals surface area (Å²) in [5.41, 5.74) is 1.10. The lowest BCUT2D eigenvalue weighted by molar-refractivity contribution is -0.149. The molecule has 3 rings (SSSR count). The van der Waals surface area contributed by atoms with Crippen LogP contribution < -0.4 is 0 Å². The summed E-state index contributed by atoms with van der Waals surface area (Å²) in [6.45, 7) is 0.274. The maximum Gasteiger partial charge on any atom is 0.310 e. The molecule has 0 N–H and O–H groups in total. The van der Waals surface area contributed by atoms with Crippen molar-refractivity contribution in [1.29, 1.82) is 0 Å². The van der Waals surface area contributed by atoms with Crippen molar-refractivity contribution in [3.05, 3.63) is 87.1 Å². The fourth-order valence-electron chi connectivity index (χ4n) is 2.60. The van der Waals surface area contributed by atoms with Gasteiger partial charge in [-0.3, -0.25) is 4.79 Å². The first-order chi connectivity index (χ1) is 12.9. The number of halogens is 4. The van der Waals surface area contributed by atoms with Crippen LogP contribution in [0, 0.1) is 5.82 Å². The third-order valence-corrected chi connectivity index (χ3v) is 4.68. The number of rotatable bonds is 6. The zero-order valence-corrected chi connectivity index (χ0v) is 16.2. The molecule has 1 atom stereocenters. The van der Waals surface area contributed by atoms with E-state index >= 15 is 0 Å². The number of imidazole rings is 1. The monoisotopic (exact) mass is 426 g/mol. The van der Waals surface area contributed by atoms with Crippen LogP contribution in [-0.4, -0.2) is 15.5 Å². The normalized spacial score (nSPS) is 12.0. The Labute approximate surface area is 170 Å². The summed E-state index contributed by atoms with van der Waals surface area (Å²) in [4.78, 5) is 16.4. The van der Waals surface area contributed by atoms with Crippen LogP contribution in [0.4, 0.5) is 4.39 Å². The van der Waals surface area contributed by atoms with E-state index in [0.717, 1.165) is 0 Å². The minimum Gasteiger partial charge on any atom is -0.455 e. The average molecular weight is 428 g/mol. The Balaban J connectivity index is 1.84. The second-order valence-electron chi connectivity index (χ2n) is 5.82. The second kappa shape index (κ2) is 8.74. The standard InChI is InChI=1S/C19H14Cl3FN2O2/c20-13-8-15(21)19(16(22)9-13)17(10-25-6-5-24-11-25)27-18(26)7-12-1-3-14(23)4-2-12/h1-6,8-9,11,17H,7,10H2. The lowest BCUT2D eigenvalue weighted by atomic mass is 10.1. The average Bonchev–Trinajstić information content (AvgIpc) is 3.09. The van der Waals surface area contributed by atoms with Crippen molar-refractivity contribution in [3.8, 4) is 0 Å². The van der Waals surface area contributed by atoms with E-state index in [9.17, 15) is 9.18 Å². The molecule has 140 valence electrons. The van der Waals surface area contributed by atoms with Crippen LogP contribution in [0.25, 0.3) is 0 Å². The molecule has 2 aromatic carbocycles. The van der Waals surface area contributed by atoms with Crippen molar-refractivity contribution in [2.24, 2.45) is 0 Å². The molecule has 0 saturated heterocycles. The zero-order valence-electron chi connectivity index (χ0n) is 13.9. The topological polar surface area (TPSA) is 44.1 Å². The largest absolute Gasteiger partial charge is 0.455 e. The molecular weight excluding hydrogens is 414 g/mol. The van der Waals surface area contributed by atoms with E-state index in [1.807, 2.05) is 0 Å². The van der Waals surface area contributed by atoms with Gasteiger partial charge in [-0.05, 0) is 29.8 Å². The van der Waals surface area contributed by atoms with Gasteiger partial charge in [-0.2, -0.15) is 0 Å². The van der Waals surface area contributed by atoms with Crippen molar-refractivity contribution >= 4 is 40.8 Å². The van der Waals surface area contributed by atoms with Gasteiger partial charge in [0.15, 0.2) is 0 Å². The maximum atomic E-state index is 13.0. The molecule has 1 aromatic heterocycles. The van der Waals surface area contributed by atoms with Crippen molar-refractivity contribution in [1.82, 2.24) is 9.55 Å². The van der Waals surface area contributed by atoms with E-state index < -0.39 is 12.1 Å². The highest BCUT2D eigenvalue weighted by atomic mass is 35.5. The van der Waals surface area contributed by atoms with E-state index in [2.05, 4.69) is 4.98 Å². The number of hydrogen-bond donors (Lipinski definition) is 0. The molecular formula is C19H14Cl3FN2O2. The van der Waals surface area contributed by atoms with Gasteiger partial charge in [-0.25, -0.2) is 9.37 Å². The molecule has 0 saturated carbocycles. The van der Waals surface area contributed by atoms with Gasteiger partial charge in [-0.1, -0.05) is 46.9 Å². The summed E-state index contributed by atoms with van der Waals surface area (Å²) in [5, 5.41) is 0.979. The van der Waals surface area contributed by atoms with Crippen molar-refractivity contribution < 1.29 is 13.9 Å². The van der Waals surface area contributed by atoms with Gasteiger partial charge in [0.1, 0.15) is 11.9 Å². The fourth-order valence-corrected chi connectivity index (χ4v) is 3.66.